The Labute approximate surface area is 131 Å². The van der Waals surface area contributed by atoms with Gasteiger partial charge in [0.2, 0.25) is 5.88 Å². The molecule has 3 aromatic rings. The van der Waals surface area contributed by atoms with Crippen LogP contribution in [0.3, 0.4) is 0 Å². The van der Waals surface area contributed by atoms with Crippen molar-refractivity contribution in [3.05, 3.63) is 65.0 Å². The number of fused-ring (bicyclic) bond motifs is 1. The smallest absolute Gasteiger partial charge is 0.310 e. The Kier molecular flexibility index (Phi) is 4.28. The predicted molar refractivity (Wildman–Crippen MR) is 83.6 cm³/mol. The van der Waals surface area contributed by atoms with Crippen molar-refractivity contribution in [1.29, 1.82) is 0 Å². The van der Waals surface area contributed by atoms with Gasteiger partial charge in [-0.3, -0.25) is 10.1 Å². The van der Waals surface area contributed by atoms with E-state index in [1.807, 2.05) is 24.3 Å². The number of nitro groups is 1. The van der Waals surface area contributed by atoms with Crippen molar-refractivity contribution in [2.24, 2.45) is 0 Å². The number of benzene rings is 2. The van der Waals surface area contributed by atoms with Crippen LogP contribution in [0.15, 0.2) is 54.9 Å². The van der Waals surface area contributed by atoms with E-state index in [9.17, 15) is 10.1 Å². The van der Waals surface area contributed by atoms with Crippen molar-refractivity contribution < 1.29 is 14.4 Å². The minimum Gasteiger partial charge on any atom is -0.483 e. The van der Waals surface area contributed by atoms with Gasteiger partial charge in [-0.15, -0.1) is 0 Å². The second-order valence-electron chi connectivity index (χ2n) is 4.62. The maximum absolute atomic E-state index is 10.9. The first kappa shape index (κ1) is 14.7. The Morgan fingerprint density at radius 3 is 2.57 bits per heavy atom. The van der Waals surface area contributed by atoms with Gasteiger partial charge in [-0.1, -0.05) is 24.3 Å². The molecule has 0 amide bonds. The lowest BCUT2D eigenvalue weighted by Crippen LogP contribution is -2.10. The average molecular weight is 311 g/mol. The quantitative estimate of drug-likeness (QED) is 0.395. The Hall–Kier alpha value is -3.22. The molecule has 0 aliphatic heterocycles. The van der Waals surface area contributed by atoms with Crippen molar-refractivity contribution in [2.75, 3.05) is 13.2 Å². The van der Waals surface area contributed by atoms with Crippen molar-refractivity contribution in [3.8, 4) is 11.6 Å². The summed E-state index contributed by atoms with van der Waals surface area (Å²) in [5.41, 5.74) is 0.720. The van der Waals surface area contributed by atoms with Gasteiger partial charge in [0.05, 0.1) is 15.8 Å². The highest BCUT2D eigenvalue weighted by Gasteiger charge is 2.13. The number of hydrogen-bond donors (Lipinski definition) is 0. The highest BCUT2D eigenvalue weighted by atomic mass is 16.6. The van der Waals surface area contributed by atoms with Crippen LogP contribution in [0.1, 0.15) is 0 Å². The summed E-state index contributed by atoms with van der Waals surface area (Å²) in [7, 11) is 0. The molecular weight excluding hydrogens is 298 g/mol. The van der Waals surface area contributed by atoms with Gasteiger partial charge in [0.15, 0.2) is 5.75 Å². The average Bonchev–Trinajstić information content (AvgIpc) is 2.59. The number of nitrogens with zero attached hydrogens (tertiary/aromatic N) is 3. The van der Waals surface area contributed by atoms with Crippen LogP contribution in [-0.2, 0) is 0 Å². The van der Waals surface area contributed by atoms with Gasteiger partial charge in [-0.05, 0) is 18.2 Å². The van der Waals surface area contributed by atoms with E-state index in [4.69, 9.17) is 9.47 Å². The lowest BCUT2D eigenvalue weighted by molar-refractivity contribution is -0.385. The Bertz CT molecular complexity index is 833. The fourth-order valence-electron chi connectivity index (χ4n) is 2.12. The molecule has 0 fully saturated rings. The normalized spacial score (nSPS) is 10.4. The maximum Gasteiger partial charge on any atom is 0.310 e. The van der Waals surface area contributed by atoms with Gasteiger partial charge in [0, 0.05) is 6.07 Å². The number of hydrogen-bond acceptors (Lipinski definition) is 6. The summed E-state index contributed by atoms with van der Waals surface area (Å²) in [4.78, 5) is 18.7. The third-order valence-electron chi connectivity index (χ3n) is 3.15. The molecule has 1 heterocycles. The zero-order valence-electron chi connectivity index (χ0n) is 12.1. The number of rotatable bonds is 6. The van der Waals surface area contributed by atoms with E-state index in [0.717, 1.165) is 10.9 Å². The molecule has 7 nitrogen and oxygen atoms in total. The highest BCUT2D eigenvalue weighted by molar-refractivity contribution is 5.82. The third-order valence-corrected chi connectivity index (χ3v) is 3.15. The molecule has 0 aliphatic carbocycles. The summed E-state index contributed by atoms with van der Waals surface area (Å²) in [6.07, 6.45) is 1.43. The number of aromatic nitrogens is 2. The van der Waals surface area contributed by atoms with E-state index >= 15 is 0 Å². The van der Waals surface area contributed by atoms with Crippen LogP contribution in [0.2, 0.25) is 0 Å². The Morgan fingerprint density at radius 1 is 0.957 bits per heavy atom. The van der Waals surface area contributed by atoms with Crippen LogP contribution < -0.4 is 9.47 Å². The predicted octanol–water partition coefficient (Wildman–Crippen LogP) is 3.00. The second-order valence-corrected chi connectivity index (χ2v) is 4.62. The van der Waals surface area contributed by atoms with Gasteiger partial charge in [-0.25, -0.2) is 9.97 Å². The minimum absolute atomic E-state index is 0.0695. The van der Waals surface area contributed by atoms with Crippen LogP contribution >= 0.6 is 0 Å². The van der Waals surface area contributed by atoms with E-state index in [2.05, 4.69) is 9.97 Å². The summed E-state index contributed by atoms with van der Waals surface area (Å²) in [6, 6.07) is 13.7. The monoisotopic (exact) mass is 311 g/mol. The lowest BCUT2D eigenvalue weighted by atomic mass is 10.2. The largest absolute Gasteiger partial charge is 0.483 e. The van der Waals surface area contributed by atoms with Crippen LogP contribution in [-0.4, -0.2) is 28.1 Å². The summed E-state index contributed by atoms with van der Waals surface area (Å²) >= 11 is 0. The molecule has 0 bridgehead atoms. The van der Waals surface area contributed by atoms with Crippen LogP contribution in [0.5, 0.6) is 11.6 Å². The van der Waals surface area contributed by atoms with E-state index in [0.29, 0.717) is 5.88 Å². The molecule has 3 rings (SSSR count). The molecule has 0 radical (unpaired) electrons. The molecule has 116 valence electrons. The van der Waals surface area contributed by atoms with Crippen molar-refractivity contribution in [3.63, 3.8) is 0 Å². The molecule has 7 heteroatoms. The van der Waals surface area contributed by atoms with E-state index in [1.54, 1.807) is 18.2 Å². The van der Waals surface area contributed by atoms with Crippen molar-refractivity contribution in [2.45, 2.75) is 0 Å². The molecular formula is C16H13N3O4. The van der Waals surface area contributed by atoms with Crippen LogP contribution in [0.4, 0.5) is 5.69 Å². The first-order chi connectivity index (χ1) is 11.3. The SMILES string of the molecule is O=[N+]([O-])c1ccccc1OCCOc1ncnc2ccccc12. The lowest BCUT2D eigenvalue weighted by Gasteiger charge is -2.09. The summed E-state index contributed by atoms with van der Waals surface area (Å²) < 4.78 is 11.0. The highest BCUT2D eigenvalue weighted by Crippen LogP contribution is 2.26. The van der Waals surface area contributed by atoms with Crippen molar-refractivity contribution in [1.82, 2.24) is 9.97 Å². The van der Waals surface area contributed by atoms with E-state index in [1.165, 1.54) is 12.4 Å². The molecule has 2 aromatic carbocycles. The fourth-order valence-corrected chi connectivity index (χ4v) is 2.12. The number of nitro benzene ring substituents is 1. The van der Waals surface area contributed by atoms with Gasteiger partial charge in [-0.2, -0.15) is 0 Å². The van der Waals surface area contributed by atoms with Gasteiger partial charge < -0.3 is 9.47 Å². The summed E-state index contributed by atoms with van der Waals surface area (Å²) in [5.74, 6) is 0.676. The van der Waals surface area contributed by atoms with E-state index < -0.39 is 4.92 Å². The summed E-state index contributed by atoms with van der Waals surface area (Å²) in [5, 5.41) is 11.7. The molecule has 0 N–H and O–H groups in total. The first-order valence-corrected chi connectivity index (χ1v) is 6.94. The van der Waals surface area contributed by atoms with Crippen LogP contribution in [0, 0.1) is 10.1 Å². The molecule has 23 heavy (non-hydrogen) atoms. The Balaban J connectivity index is 1.63. The van der Waals surface area contributed by atoms with Crippen molar-refractivity contribution >= 4 is 16.6 Å². The zero-order chi connectivity index (χ0) is 16.1. The molecule has 1 aromatic heterocycles. The first-order valence-electron chi connectivity index (χ1n) is 6.94. The summed E-state index contributed by atoms with van der Waals surface area (Å²) in [6.45, 7) is 0.385. The molecule has 0 aliphatic rings. The third kappa shape index (κ3) is 3.34. The standard InChI is InChI=1S/C16H13N3O4/c20-19(21)14-7-3-4-8-15(14)22-9-10-23-16-12-5-1-2-6-13(12)17-11-18-16/h1-8,11H,9-10H2. The van der Waals surface area contributed by atoms with Gasteiger partial charge in [0.1, 0.15) is 19.5 Å². The van der Waals surface area contributed by atoms with E-state index in [-0.39, 0.29) is 24.7 Å². The molecule has 0 saturated heterocycles. The molecule has 0 saturated carbocycles. The molecule has 0 atom stereocenters. The van der Waals surface area contributed by atoms with Crippen LogP contribution in [0.25, 0.3) is 10.9 Å². The fraction of sp³-hybridized carbons (Fsp3) is 0.125. The number of para-hydroxylation sites is 3. The minimum atomic E-state index is -0.478. The topological polar surface area (TPSA) is 87.4 Å². The number of ether oxygens (including phenoxy) is 2. The van der Waals surface area contributed by atoms with Gasteiger partial charge >= 0.3 is 5.69 Å². The Morgan fingerprint density at radius 2 is 1.70 bits per heavy atom. The maximum atomic E-state index is 10.9. The molecule has 0 unspecified atom stereocenters. The van der Waals surface area contributed by atoms with Gasteiger partial charge in [0.25, 0.3) is 0 Å². The second kappa shape index (κ2) is 6.69. The molecule has 0 spiro atoms. The zero-order valence-corrected chi connectivity index (χ0v) is 12.1.